The van der Waals surface area contributed by atoms with E-state index in [0.717, 1.165) is 4.90 Å². The lowest BCUT2D eigenvalue weighted by Gasteiger charge is -2.14. The molecule has 1 aromatic carbocycles. The number of amides is 1. The van der Waals surface area contributed by atoms with Crippen LogP contribution in [-0.4, -0.2) is 47.0 Å². The molecule has 0 atom stereocenters. The Balaban J connectivity index is 2.64. The maximum absolute atomic E-state index is 11.5. The van der Waals surface area contributed by atoms with Crippen molar-refractivity contribution in [2.24, 2.45) is 0 Å². The quantitative estimate of drug-likeness (QED) is 0.594. The first-order chi connectivity index (χ1) is 8.91. The van der Waals surface area contributed by atoms with Crippen molar-refractivity contribution in [3.05, 3.63) is 34.4 Å². The van der Waals surface area contributed by atoms with Crippen LogP contribution in [-0.2, 0) is 9.59 Å². The number of nitro benzene ring substituents is 1. The number of nitro groups is 1. The van der Waals surface area contributed by atoms with Gasteiger partial charge in [-0.25, -0.2) is 0 Å². The zero-order valence-corrected chi connectivity index (χ0v) is 10.1. The third-order valence-electron chi connectivity index (χ3n) is 2.21. The highest BCUT2D eigenvalue weighted by atomic mass is 16.6. The van der Waals surface area contributed by atoms with Crippen molar-refractivity contribution in [3.8, 4) is 5.75 Å². The first-order valence-electron chi connectivity index (χ1n) is 5.23. The first kappa shape index (κ1) is 14.4. The van der Waals surface area contributed by atoms with Crippen LogP contribution in [0.5, 0.6) is 5.75 Å². The molecule has 0 bridgehead atoms. The monoisotopic (exact) mass is 268 g/mol. The zero-order chi connectivity index (χ0) is 14.4. The van der Waals surface area contributed by atoms with Gasteiger partial charge in [-0.05, 0) is 6.07 Å². The van der Waals surface area contributed by atoms with Gasteiger partial charge in [-0.2, -0.15) is 0 Å². The molecular weight excluding hydrogens is 256 g/mol. The van der Waals surface area contributed by atoms with Crippen molar-refractivity contribution in [2.75, 3.05) is 20.2 Å². The summed E-state index contributed by atoms with van der Waals surface area (Å²) in [5.41, 5.74) is -0.254. The fourth-order valence-corrected chi connectivity index (χ4v) is 1.27. The average molecular weight is 268 g/mol. The van der Waals surface area contributed by atoms with Crippen molar-refractivity contribution >= 4 is 17.6 Å². The fraction of sp³-hybridized carbons (Fsp3) is 0.273. The van der Waals surface area contributed by atoms with Gasteiger partial charge >= 0.3 is 11.7 Å². The number of nitrogens with zero attached hydrogens (tertiary/aromatic N) is 2. The van der Waals surface area contributed by atoms with E-state index in [2.05, 4.69) is 0 Å². The van der Waals surface area contributed by atoms with E-state index in [1.54, 1.807) is 0 Å². The summed E-state index contributed by atoms with van der Waals surface area (Å²) in [6.45, 7) is -0.923. The van der Waals surface area contributed by atoms with Crippen molar-refractivity contribution < 1.29 is 24.4 Å². The standard InChI is InChI=1S/C11H12N2O6/c1-12(6-11(15)16)10(14)7-19-9-5-3-2-4-8(9)13(17)18/h2-5H,6-7H2,1H3,(H,15,16). The SMILES string of the molecule is CN(CC(=O)O)C(=O)COc1ccccc1[N+](=O)[O-]. The minimum absolute atomic E-state index is 0.0374. The Morgan fingerprint density at radius 2 is 2.05 bits per heavy atom. The van der Waals surface area contributed by atoms with E-state index in [-0.39, 0.29) is 11.4 Å². The van der Waals surface area contributed by atoms with Crippen molar-refractivity contribution in [1.29, 1.82) is 0 Å². The molecule has 0 saturated heterocycles. The summed E-state index contributed by atoms with van der Waals surface area (Å²) < 4.78 is 5.04. The van der Waals surface area contributed by atoms with E-state index < -0.39 is 30.0 Å². The average Bonchev–Trinajstić information content (AvgIpc) is 2.35. The Bertz CT molecular complexity index is 502. The van der Waals surface area contributed by atoms with Gasteiger partial charge in [0.25, 0.3) is 5.91 Å². The molecule has 1 aromatic rings. The van der Waals surface area contributed by atoms with Crippen LogP contribution in [0.2, 0.25) is 0 Å². The van der Waals surface area contributed by atoms with Crippen LogP contribution in [0.15, 0.2) is 24.3 Å². The van der Waals surface area contributed by atoms with Gasteiger partial charge in [0.05, 0.1) is 4.92 Å². The summed E-state index contributed by atoms with van der Waals surface area (Å²) in [7, 11) is 1.30. The Morgan fingerprint density at radius 1 is 1.42 bits per heavy atom. The van der Waals surface area contributed by atoms with Crippen LogP contribution in [0.4, 0.5) is 5.69 Å². The maximum Gasteiger partial charge on any atom is 0.323 e. The molecule has 0 aliphatic rings. The highest BCUT2D eigenvalue weighted by Crippen LogP contribution is 2.25. The summed E-state index contributed by atoms with van der Waals surface area (Å²) in [5, 5.41) is 19.2. The second-order valence-electron chi connectivity index (χ2n) is 3.66. The largest absolute Gasteiger partial charge is 0.480 e. The van der Waals surface area contributed by atoms with Crippen molar-refractivity contribution in [2.45, 2.75) is 0 Å². The van der Waals surface area contributed by atoms with E-state index in [0.29, 0.717) is 0 Å². The van der Waals surface area contributed by atoms with Gasteiger partial charge in [-0.15, -0.1) is 0 Å². The lowest BCUT2D eigenvalue weighted by molar-refractivity contribution is -0.385. The van der Waals surface area contributed by atoms with Crippen molar-refractivity contribution in [1.82, 2.24) is 4.90 Å². The Morgan fingerprint density at radius 3 is 2.63 bits per heavy atom. The summed E-state index contributed by atoms with van der Waals surface area (Å²) in [6, 6.07) is 5.63. The summed E-state index contributed by atoms with van der Waals surface area (Å²) in [4.78, 5) is 32.9. The second kappa shape index (κ2) is 6.34. The molecule has 0 saturated carbocycles. The smallest absolute Gasteiger partial charge is 0.323 e. The number of hydrogen-bond acceptors (Lipinski definition) is 5. The molecule has 0 aromatic heterocycles. The van der Waals surface area contributed by atoms with E-state index >= 15 is 0 Å². The van der Waals surface area contributed by atoms with Crippen LogP contribution in [0, 0.1) is 10.1 Å². The third-order valence-corrected chi connectivity index (χ3v) is 2.21. The van der Waals surface area contributed by atoms with Crippen LogP contribution in [0.25, 0.3) is 0 Å². The van der Waals surface area contributed by atoms with Gasteiger partial charge in [-0.3, -0.25) is 19.7 Å². The van der Waals surface area contributed by atoms with Crippen LogP contribution >= 0.6 is 0 Å². The van der Waals surface area contributed by atoms with Crippen LogP contribution in [0.3, 0.4) is 0 Å². The molecule has 1 N–H and O–H groups in total. The number of rotatable bonds is 6. The molecule has 0 aliphatic heterocycles. The van der Waals surface area contributed by atoms with Gasteiger partial charge in [0.2, 0.25) is 0 Å². The predicted molar refractivity (Wildman–Crippen MR) is 63.9 cm³/mol. The number of benzene rings is 1. The number of carboxylic acid groups (broad SMARTS) is 1. The molecule has 0 aliphatic carbocycles. The fourth-order valence-electron chi connectivity index (χ4n) is 1.27. The van der Waals surface area contributed by atoms with Gasteiger partial charge in [0, 0.05) is 13.1 Å². The lowest BCUT2D eigenvalue weighted by Crippen LogP contribution is -2.35. The third kappa shape index (κ3) is 4.26. The van der Waals surface area contributed by atoms with Crippen LogP contribution in [0.1, 0.15) is 0 Å². The number of carboxylic acids is 1. The van der Waals surface area contributed by atoms with Crippen molar-refractivity contribution in [3.63, 3.8) is 0 Å². The molecule has 8 heteroatoms. The number of hydrogen-bond donors (Lipinski definition) is 1. The number of carbonyl (C=O) groups is 2. The number of para-hydroxylation sites is 2. The molecular formula is C11H12N2O6. The maximum atomic E-state index is 11.5. The Hall–Kier alpha value is -2.64. The molecule has 0 fully saturated rings. The Labute approximate surface area is 108 Å². The Kier molecular flexibility index (Phi) is 4.81. The molecule has 0 heterocycles. The lowest BCUT2D eigenvalue weighted by atomic mass is 10.3. The van der Waals surface area contributed by atoms with E-state index in [1.165, 1.54) is 31.3 Å². The van der Waals surface area contributed by atoms with Gasteiger partial charge in [0.15, 0.2) is 12.4 Å². The first-order valence-corrected chi connectivity index (χ1v) is 5.23. The molecule has 0 spiro atoms. The summed E-state index contributed by atoms with van der Waals surface area (Å²) >= 11 is 0. The number of likely N-dealkylation sites (N-methyl/N-ethyl adjacent to an activating group) is 1. The second-order valence-corrected chi connectivity index (χ2v) is 3.66. The zero-order valence-electron chi connectivity index (χ0n) is 10.1. The van der Waals surface area contributed by atoms with Gasteiger partial charge < -0.3 is 14.7 Å². The topological polar surface area (TPSA) is 110 Å². The normalized spacial score (nSPS) is 9.74. The minimum Gasteiger partial charge on any atom is -0.480 e. The van der Waals surface area contributed by atoms with Gasteiger partial charge in [0.1, 0.15) is 6.54 Å². The van der Waals surface area contributed by atoms with E-state index in [4.69, 9.17) is 9.84 Å². The number of aliphatic carboxylic acids is 1. The minimum atomic E-state index is -1.15. The molecule has 1 rings (SSSR count). The van der Waals surface area contributed by atoms with E-state index in [9.17, 15) is 19.7 Å². The summed E-state index contributed by atoms with van der Waals surface area (Å²) in [6.07, 6.45) is 0. The summed E-state index contributed by atoms with van der Waals surface area (Å²) in [5.74, 6) is -1.77. The van der Waals surface area contributed by atoms with E-state index in [1.807, 2.05) is 0 Å². The van der Waals surface area contributed by atoms with Gasteiger partial charge in [-0.1, -0.05) is 12.1 Å². The predicted octanol–water partition coefficient (Wildman–Crippen LogP) is 0.517. The molecule has 1 amide bonds. The molecule has 102 valence electrons. The highest BCUT2D eigenvalue weighted by Gasteiger charge is 2.17. The molecule has 0 radical (unpaired) electrons. The highest BCUT2D eigenvalue weighted by molar-refractivity contribution is 5.82. The van der Waals surface area contributed by atoms with Crippen LogP contribution < -0.4 is 4.74 Å². The number of carbonyl (C=O) groups excluding carboxylic acids is 1. The molecule has 19 heavy (non-hydrogen) atoms. The molecule has 0 unspecified atom stereocenters. The number of ether oxygens (including phenoxy) is 1. The molecule has 8 nitrogen and oxygen atoms in total.